The zero-order chi connectivity index (χ0) is 16.4. The van der Waals surface area contributed by atoms with Gasteiger partial charge in [-0.15, -0.1) is 10.2 Å². The zero-order valence-corrected chi connectivity index (χ0v) is 14.1. The lowest BCUT2D eigenvalue weighted by Gasteiger charge is -2.32. The SMILES string of the molecule is CCn1cnnc1C1CCN(C(=O)c2ccc(C)cc2C)CC1. The van der Waals surface area contributed by atoms with Gasteiger partial charge in [-0.05, 0) is 45.2 Å². The molecule has 1 aromatic heterocycles. The number of carbonyl (C=O) groups excluding carboxylic acids is 1. The summed E-state index contributed by atoms with van der Waals surface area (Å²) in [6.45, 7) is 8.63. The molecule has 122 valence electrons. The van der Waals surface area contributed by atoms with Crippen LogP contribution in [0.25, 0.3) is 0 Å². The van der Waals surface area contributed by atoms with Crippen LogP contribution in [0.1, 0.15) is 53.0 Å². The van der Waals surface area contributed by atoms with Gasteiger partial charge in [-0.3, -0.25) is 4.79 Å². The molecule has 2 aromatic rings. The van der Waals surface area contributed by atoms with E-state index in [1.54, 1.807) is 6.33 Å². The third-order valence-corrected chi connectivity index (χ3v) is 4.75. The van der Waals surface area contributed by atoms with Gasteiger partial charge in [0.15, 0.2) is 0 Å². The van der Waals surface area contributed by atoms with E-state index in [1.807, 2.05) is 24.0 Å². The van der Waals surface area contributed by atoms with E-state index in [9.17, 15) is 4.79 Å². The Kier molecular flexibility index (Phi) is 4.46. The molecule has 1 aliphatic heterocycles. The number of rotatable bonds is 3. The van der Waals surface area contributed by atoms with Crippen molar-refractivity contribution in [3.8, 4) is 0 Å². The van der Waals surface area contributed by atoms with E-state index in [2.05, 4.69) is 34.7 Å². The van der Waals surface area contributed by atoms with Gasteiger partial charge in [0.1, 0.15) is 12.2 Å². The molecular formula is C18H24N4O. The molecule has 1 saturated heterocycles. The Morgan fingerprint density at radius 2 is 2.00 bits per heavy atom. The molecule has 3 rings (SSSR count). The number of aromatic nitrogens is 3. The van der Waals surface area contributed by atoms with E-state index >= 15 is 0 Å². The first-order valence-corrected chi connectivity index (χ1v) is 8.34. The monoisotopic (exact) mass is 312 g/mol. The molecule has 1 aromatic carbocycles. The molecule has 0 N–H and O–H groups in total. The van der Waals surface area contributed by atoms with E-state index in [-0.39, 0.29) is 5.91 Å². The van der Waals surface area contributed by atoms with Crippen molar-refractivity contribution >= 4 is 5.91 Å². The Hall–Kier alpha value is -2.17. The fourth-order valence-corrected chi connectivity index (χ4v) is 3.39. The highest BCUT2D eigenvalue weighted by molar-refractivity contribution is 5.95. The highest BCUT2D eigenvalue weighted by atomic mass is 16.2. The average molecular weight is 312 g/mol. The number of carbonyl (C=O) groups is 1. The number of nitrogens with zero attached hydrogens (tertiary/aromatic N) is 4. The lowest BCUT2D eigenvalue weighted by Crippen LogP contribution is -2.38. The minimum Gasteiger partial charge on any atom is -0.339 e. The van der Waals surface area contributed by atoms with E-state index in [1.165, 1.54) is 5.56 Å². The summed E-state index contributed by atoms with van der Waals surface area (Å²) in [4.78, 5) is 14.7. The van der Waals surface area contributed by atoms with E-state index in [4.69, 9.17) is 0 Å². The van der Waals surface area contributed by atoms with Crippen LogP contribution in [0.5, 0.6) is 0 Å². The fourth-order valence-electron chi connectivity index (χ4n) is 3.39. The van der Waals surface area contributed by atoms with Crippen LogP contribution in [-0.2, 0) is 6.54 Å². The smallest absolute Gasteiger partial charge is 0.254 e. The van der Waals surface area contributed by atoms with Gasteiger partial charge in [-0.1, -0.05) is 17.7 Å². The Labute approximate surface area is 137 Å². The molecule has 0 atom stereocenters. The number of hydrogen-bond acceptors (Lipinski definition) is 3. The van der Waals surface area contributed by atoms with Crippen LogP contribution in [0.2, 0.25) is 0 Å². The van der Waals surface area contributed by atoms with E-state index < -0.39 is 0 Å². The van der Waals surface area contributed by atoms with Crippen molar-refractivity contribution in [2.75, 3.05) is 13.1 Å². The maximum atomic E-state index is 12.7. The first-order chi connectivity index (χ1) is 11.1. The summed E-state index contributed by atoms with van der Waals surface area (Å²) < 4.78 is 2.10. The van der Waals surface area contributed by atoms with Crippen molar-refractivity contribution in [3.05, 3.63) is 47.0 Å². The Bertz CT molecular complexity index is 699. The molecule has 1 fully saturated rings. The van der Waals surface area contributed by atoms with E-state index in [0.29, 0.717) is 5.92 Å². The van der Waals surface area contributed by atoms with Gasteiger partial charge in [-0.25, -0.2) is 0 Å². The molecule has 0 radical (unpaired) electrons. The predicted molar refractivity (Wildman–Crippen MR) is 89.5 cm³/mol. The predicted octanol–water partition coefficient (Wildman–Crippen LogP) is 2.93. The molecular weight excluding hydrogens is 288 g/mol. The number of likely N-dealkylation sites (tertiary alicyclic amines) is 1. The van der Waals surface area contributed by atoms with Crippen LogP contribution in [0, 0.1) is 13.8 Å². The van der Waals surface area contributed by atoms with Crippen molar-refractivity contribution in [2.24, 2.45) is 0 Å². The van der Waals surface area contributed by atoms with Crippen LogP contribution in [-0.4, -0.2) is 38.7 Å². The Morgan fingerprint density at radius 1 is 1.26 bits per heavy atom. The molecule has 0 spiro atoms. The van der Waals surface area contributed by atoms with Gasteiger partial charge in [0, 0.05) is 31.1 Å². The van der Waals surface area contributed by atoms with Crippen LogP contribution in [0.15, 0.2) is 24.5 Å². The lowest BCUT2D eigenvalue weighted by molar-refractivity contribution is 0.0709. The first kappa shape index (κ1) is 15.7. The minimum absolute atomic E-state index is 0.151. The third-order valence-electron chi connectivity index (χ3n) is 4.75. The molecule has 0 saturated carbocycles. The third kappa shape index (κ3) is 3.14. The van der Waals surface area contributed by atoms with Crippen LogP contribution >= 0.6 is 0 Å². The molecule has 0 bridgehead atoms. The van der Waals surface area contributed by atoms with Crippen LogP contribution in [0.4, 0.5) is 0 Å². The van der Waals surface area contributed by atoms with Crippen molar-refractivity contribution in [3.63, 3.8) is 0 Å². The van der Waals surface area contributed by atoms with Gasteiger partial charge in [0.25, 0.3) is 5.91 Å². The highest BCUT2D eigenvalue weighted by Crippen LogP contribution is 2.27. The molecule has 1 aliphatic rings. The number of piperidine rings is 1. The Balaban J connectivity index is 1.68. The van der Waals surface area contributed by atoms with Crippen molar-refractivity contribution in [1.82, 2.24) is 19.7 Å². The molecule has 23 heavy (non-hydrogen) atoms. The van der Waals surface area contributed by atoms with Gasteiger partial charge in [-0.2, -0.15) is 0 Å². The summed E-state index contributed by atoms with van der Waals surface area (Å²) in [7, 11) is 0. The minimum atomic E-state index is 0.151. The summed E-state index contributed by atoms with van der Waals surface area (Å²) in [5.41, 5.74) is 3.07. The number of hydrogen-bond donors (Lipinski definition) is 0. The summed E-state index contributed by atoms with van der Waals surface area (Å²) in [6, 6.07) is 6.03. The maximum Gasteiger partial charge on any atom is 0.254 e. The van der Waals surface area contributed by atoms with Gasteiger partial charge >= 0.3 is 0 Å². The van der Waals surface area contributed by atoms with Gasteiger partial charge in [0.2, 0.25) is 0 Å². The maximum absolute atomic E-state index is 12.7. The molecule has 5 nitrogen and oxygen atoms in total. The largest absolute Gasteiger partial charge is 0.339 e. The highest BCUT2D eigenvalue weighted by Gasteiger charge is 2.27. The fraction of sp³-hybridized carbons (Fsp3) is 0.500. The zero-order valence-electron chi connectivity index (χ0n) is 14.1. The van der Waals surface area contributed by atoms with Crippen molar-refractivity contribution in [1.29, 1.82) is 0 Å². The van der Waals surface area contributed by atoms with Crippen molar-refractivity contribution in [2.45, 2.75) is 46.1 Å². The Morgan fingerprint density at radius 3 is 2.65 bits per heavy atom. The normalized spacial score (nSPS) is 15.9. The molecule has 2 heterocycles. The summed E-state index contributed by atoms with van der Waals surface area (Å²) in [6.07, 6.45) is 3.70. The van der Waals surface area contributed by atoms with Crippen LogP contribution in [0.3, 0.4) is 0 Å². The first-order valence-electron chi connectivity index (χ1n) is 8.34. The number of aryl methyl sites for hydroxylation is 3. The van der Waals surface area contributed by atoms with Gasteiger partial charge in [0.05, 0.1) is 0 Å². The summed E-state index contributed by atoms with van der Waals surface area (Å²) >= 11 is 0. The number of benzene rings is 1. The standard InChI is InChI=1S/C18H24N4O/c1-4-21-12-19-20-17(21)15-7-9-22(10-8-15)18(23)16-6-5-13(2)11-14(16)3/h5-6,11-12,15H,4,7-10H2,1-3H3. The van der Waals surface area contributed by atoms with Crippen molar-refractivity contribution < 1.29 is 4.79 Å². The lowest BCUT2D eigenvalue weighted by atomic mass is 9.95. The second-order valence-corrected chi connectivity index (χ2v) is 6.36. The second-order valence-electron chi connectivity index (χ2n) is 6.36. The summed E-state index contributed by atoms with van der Waals surface area (Å²) in [5, 5.41) is 8.29. The second kappa shape index (κ2) is 6.52. The molecule has 1 amide bonds. The topological polar surface area (TPSA) is 51.0 Å². The molecule has 0 unspecified atom stereocenters. The van der Waals surface area contributed by atoms with E-state index in [0.717, 1.165) is 49.4 Å². The molecule has 5 heteroatoms. The summed E-state index contributed by atoms with van der Waals surface area (Å²) in [5.74, 6) is 1.62. The van der Waals surface area contributed by atoms with Gasteiger partial charge < -0.3 is 9.47 Å². The molecule has 0 aliphatic carbocycles. The number of amides is 1. The average Bonchev–Trinajstić information content (AvgIpc) is 3.03. The quantitative estimate of drug-likeness (QED) is 0.875. The van der Waals surface area contributed by atoms with Crippen LogP contribution < -0.4 is 0 Å².